The zero-order valence-corrected chi connectivity index (χ0v) is 18.9. The van der Waals surface area contributed by atoms with E-state index in [1.54, 1.807) is 16.0 Å². The highest BCUT2D eigenvalue weighted by Crippen LogP contribution is 2.35. The number of aromatic nitrogens is 4. The minimum Gasteiger partial charge on any atom is -0.327 e. The smallest absolute Gasteiger partial charge is 0.274 e. The maximum absolute atomic E-state index is 13.2. The molecule has 0 spiro atoms. The van der Waals surface area contributed by atoms with Crippen molar-refractivity contribution in [2.45, 2.75) is 52.1 Å². The molecule has 5 rings (SSSR count). The maximum atomic E-state index is 13.2. The van der Waals surface area contributed by atoms with E-state index in [2.05, 4.69) is 9.97 Å². The number of hydrogen-bond donors (Lipinski definition) is 0. The Balaban J connectivity index is 1.49. The second-order valence-electron chi connectivity index (χ2n) is 8.63. The van der Waals surface area contributed by atoms with Gasteiger partial charge in [0.1, 0.15) is 11.5 Å². The minimum absolute atomic E-state index is 0.0599. The third-order valence-electron chi connectivity index (χ3n) is 6.35. The Labute approximate surface area is 192 Å². The Morgan fingerprint density at radius 1 is 1.06 bits per heavy atom. The Bertz CT molecular complexity index is 1200. The molecular weight excluding hydrogens is 416 g/mol. The van der Waals surface area contributed by atoms with Gasteiger partial charge in [-0.25, -0.2) is 15.0 Å². The zero-order chi connectivity index (χ0) is 22.9. The van der Waals surface area contributed by atoms with E-state index >= 15 is 0 Å². The van der Waals surface area contributed by atoms with Gasteiger partial charge in [0, 0.05) is 30.4 Å². The molecule has 0 unspecified atom stereocenters. The van der Waals surface area contributed by atoms with Gasteiger partial charge in [-0.3, -0.25) is 19.5 Å². The van der Waals surface area contributed by atoms with E-state index < -0.39 is 0 Å². The van der Waals surface area contributed by atoms with Gasteiger partial charge in [0.25, 0.3) is 5.91 Å². The molecule has 2 amide bonds. The molecule has 2 aromatic heterocycles. The number of anilines is 1. The normalized spacial score (nSPS) is 17.9. The number of rotatable bonds is 4. The summed E-state index contributed by atoms with van der Waals surface area (Å²) in [4.78, 5) is 47.8. The van der Waals surface area contributed by atoms with Crippen LogP contribution in [0.2, 0.25) is 0 Å². The first-order valence-electron chi connectivity index (χ1n) is 11.3. The summed E-state index contributed by atoms with van der Waals surface area (Å²) in [7, 11) is 0. The SMILES string of the molecule is Cc1cnc(C(=O)N2CCC[C@@H]2c2nc(C)c3c(n2)N(Cc2ccccc2)C(=O)CC3)cn1. The molecule has 8 nitrogen and oxygen atoms in total. The fourth-order valence-electron chi connectivity index (χ4n) is 4.61. The third kappa shape index (κ3) is 4.08. The first-order chi connectivity index (χ1) is 16.0. The lowest BCUT2D eigenvalue weighted by Gasteiger charge is -2.31. The lowest BCUT2D eigenvalue weighted by molar-refractivity contribution is -0.119. The van der Waals surface area contributed by atoms with Gasteiger partial charge in [-0.1, -0.05) is 30.3 Å². The monoisotopic (exact) mass is 442 g/mol. The van der Waals surface area contributed by atoms with Gasteiger partial charge >= 0.3 is 0 Å². The average molecular weight is 443 g/mol. The van der Waals surface area contributed by atoms with Crippen molar-refractivity contribution < 1.29 is 9.59 Å². The van der Waals surface area contributed by atoms with E-state index in [0.717, 1.165) is 35.4 Å². The van der Waals surface area contributed by atoms with Crippen LogP contribution in [0, 0.1) is 13.8 Å². The molecule has 3 aromatic rings. The highest BCUT2D eigenvalue weighted by Gasteiger charge is 2.36. The molecule has 33 heavy (non-hydrogen) atoms. The van der Waals surface area contributed by atoms with E-state index in [-0.39, 0.29) is 17.9 Å². The second kappa shape index (κ2) is 8.69. The van der Waals surface area contributed by atoms with Crippen molar-refractivity contribution in [3.8, 4) is 0 Å². The van der Waals surface area contributed by atoms with Crippen molar-refractivity contribution in [2.24, 2.45) is 0 Å². The maximum Gasteiger partial charge on any atom is 0.274 e. The number of fused-ring (bicyclic) bond motifs is 1. The summed E-state index contributed by atoms with van der Waals surface area (Å²) in [5.41, 5.74) is 4.01. The molecule has 0 N–H and O–H groups in total. The number of carbonyl (C=O) groups is 2. The molecule has 0 radical (unpaired) electrons. The van der Waals surface area contributed by atoms with Crippen LogP contribution in [0.5, 0.6) is 0 Å². The van der Waals surface area contributed by atoms with E-state index in [1.807, 2.05) is 44.2 Å². The number of carbonyl (C=O) groups excluding carboxylic acids is 2. The number of nitrogens with zero attached hydrogens (tertiary/aromatic N) is 6. The molecule has 1 atom stereocenters. The van der Waals surface area contributed by atoms with Gasteiger partial charge in [0.05, 0.1) is 24.5 Å². The van der Waals surface area contributed by atoms with Crippen molar-refractivity contribution >= 4 is 17.6 Å². The van der Waals surface area contributed by atoms with E-state index in [0.29, 0.717) is 43.3 Å². The Morgan fingerprint density at radius 3 is 2.64 bits per heavy atom. The molecule has 0 saturated carbocycles. The minimum atomic E-state index is -0.250. The van der Waals surface area contributed by atoms with Gasteiger partial charge in [-0.2, -0.15) is 0 Å². The Hall–Kier alpha value is -3.68. The van der Waals surface area contributed by atoms with Crippen LogP contribution in [0.4, 0.5) is 5.82 Å². The summed E-state index contributed by atoms with van der Waals surface area (Å²) < 4.78 is 0. The van der Waals surface area contributed by atoms with Crippen LogP contribution in [0.15, 0.2) is 42.7 Å². The predicted molar refractivity (Wildman–Crippen MR) is 123 cm³/mol. The summed E-state index contributed by atoms with van der Waals surface area (Å²) in [5.74, 6) is 1.16. The van der Waals surface area contributed by atoms with Gasteiger partial charge in [0.15, 0.2) is 5.82 Å². The quantitative estimate of drug-likeness (QED) is 0.615. The number of hydrogen-bond acceptors (Lipinski definition) is 6. The third-order valence-corrected chi connectivity index (χ3v) is 6.35. The Morgan fingerprint density at radius 2 is 1.88 bits per heavy atom. The van der Waals surface area contributed by atoms with Gasteiger partial charge in [-0.05, 0) is 38.7 Å². The fraction of sp³-hybridized carbons (Fsp3) is 0.360. The van der Waals surface area contributed by atoms with Crippen molar-refractivity contribution in [1.29, 1.82) is 0 Å². The van der Waals surface area contributed by atoms with Crippen molar-refractivity contribution in [1.82, 2.24) is 24.8 Å². The molecule has 168 valence electrons. The number of amides is 2. The van der Waals surface area contributed by atoms with Gasteiger partial charge < -0.3 is 4.90 Å². The molecular formula is C25H26N6O2. The average Bonchev–Trinajstić information content (AvgIpc) is 3.31. The molecule has 8 heteroatoms. The van der Waals surface area contributed by atoms with Crippen LogP contribution >= 0.6 is 0 Å². The van der Waals surface area contributed by atoms with Crippen LogP contribution in [-0.2, 0) is 17.8 Å². The zero-order valence-electron chi connectivity index (χ0n) is 18.9. The van der Waals surface area contributed by atoms with Gasteiger partial charge in [-0.15, -0.1) is 0 Å². The molecule has 1 saturated heterocycles. The van der Waals surface area contributed by atoms with Crippen LogP contribution in [0.3, 0.4) is 0 Å². The first kappa shape index (κ1) is 21.2. The highest BCUT2D eigenvalue weighted by molar-refractivity contribution is 5.95. The number of benzene rings is 1. The summed E-state index contributed by atoms with van der Waals surface area (Å²) in [6, 6.07) is 9.67. The van der Waals surface area contributed by atoms with Crippen LogP contribution in [-0.4, -0.2) is 43.2 Å². The van der Waals surface area contributed by atoms with E-state index in [9.17, 15) is 9.59 Å². The predicted octanol–water partition coefficient (Wildman–Crippen LogP) is 3.34. The van der Waals surface area contributed by atoms with Gasteiger partial charge in [0.2, 0.25) is 5.91 Å². The van der Waals surface area contributed by atoms with Crippen LogP contribution < -0.4 is 4.90 Å². The molecule has 0 aliphatic carbocycles. The van der Waals surface area contributed by atoms with Crippen LogP contribution in [0.1, 0.15) is 64.1 Å². The summed E-state index contributed by atoms with van der Waals surface area (Å²) in [5, 5.41) is 0. The van der Waals surface area contributed by atoms with Crippen molar-refractivity contribution in [2.75, 3.05) is 11.4 Å². The molecule has 1 fully saturated rings. The summed E-state index contributed by atoms with van der Waals surface area (Å²) in [6.07, 6.45) is 5.84. The van der Waals surface area contributed by atoms with E-state index in [4.69, 9.17) is 9.97 Å². The van der Waals surface area contributed by atoms with Crippen molar-refractivity contribution in [3.05, 3.63) is 76.8 Å². The summed E-state index contributed by atoms with van der Waals surface area (Å²) in [6.45, 7) is 4.89. The Kier molecular flexibility index (Phi) is 5.58. The molecule has 0 bridgehead atoms. The molecule has 4 heterocycles. The topological polar surface area (TPSA) is 92.2 Å². The van der Waals surface area contributed by atoms with E-state index in [1.165, 1.54) is 6.20 Å². The standard InChI is InChI=1S/C25H26N6O2/c1-16-13-27-20(14-26-16)25(33)30-12-6-9-21(30)23-28-17(2)19-10-11-22(32)31(24(19)29-23)15-18-7-4-3-5-8-18/h3-5,7-8,13-14,21H,6,9-12,15H2,1-2H3/t21-/m1/s1. The fourth-order valence-corrected chi connectivity index (χ4v) is 4.61. The number of likely N-dealkylation sites (tertiary alicyclic amines) is 1. The lowest BCUT2D eigenvalue weighted by atomic mass is 10.0. The molecule has 2 aliphatic rings. The van der Waals surface area contributed by atoms with Crippen LogP contribution in [0.25, 0.3) is 0 Å². The summed E-state index contributed by atoms with van der Waals surface area (Å²) >= 11 is 0. The molecule has 1 aromatic carbocycles. The lowest BCUT2D eigenvalue weighted by Crippen LogP contribution is -2.37. The largest absolute Gasteiger partial charge is 0.327 e. The highest BCUT2D eigenvalue weighted by atomic mass is 16.2. The molecule has 2 aliphatic heterocycles. The number of aryl methyl sites for hydroxylation is 2. The first-order valence-corrected chi connectivity index (χ1v) is 11.3. The van der Waals surface area contributed by atoms with Crippen molar-refractivity contribution in [3.63, 3.8) is 0 Å². The second-order valence-corrected chi connectivity index (χ2v) is 8.63.